The molecule has 4 nitrogen and oxygen atoms in total. The summed E-state index contributed by atoms with van der Waals surface area (Å²) in [6.45, 7) is 0. The number of hydrogen-bond donors (Lipinski definition) is 2. The minimum Gasteiger partial charge on any atom is -0.303 e. The number of phosphoric ester groups is 1. The van der Waals surface area contributed by atoms with Gasteiger partial charge in [0.1, 0.15) is 0 Å². The summed E-state index contributed by atoms with van der Waals surface area (Å²) in [5.74, 6) is 0. The van der Waals surface area contributed by atoms with Gasteiger partial charge in [0, 0.05) is 0 Å². The van der Waals surface area contributed by atoms with Gasteiger partial charge in [-0.05, 0) is 0 Å². The van der Waals surface area contributed by atoms with Gasteiger partial charge in [0.05, 0.1) is 8.56 Å². The first-order chi connectivity index (χ1) is 5.24. The standard InChI is InChI=1S/C3H5Br3ClO4P/c4-1(2(5)6)3(7)11-12(8,9)10/h1-3H,(H2,8,9,10). The van der Waals surface area contributed by atoms with E-state index in [9.17, 15) is 4.57 Å². The Balaban J connectivity index is 4.04. The second-order valence-corrected chi connectivity index (χ2v) is 7.61. The third-order valence-electron chi connectivity index (χ3n) is 0.729. The smallest absolute Gasteiger partial charge is 0.303 e. The fraction of sp³-hybridized carbons (Fsp3) is 1.00. The van der Waals surface area contributed by atoms with Crippen LogP contribution in [-0.2, 0) is 9.09 Å². The van der Waals surface area contributed by atoms with Crippen LogP contribution in [0.25, 0.3) is 0 Å². The van der Waals surface area contributed by atoms with Gasteiger partial charge in [-0.3, -0.25) is 4.52 Å². The van der Waals surface area contributed by atoms with Crippen LogP contribution in [0.1, 0.15) is 0 Å². The van der Waals surface area contributed by atoms with Crippen molar-refractivity contribution in [3.8, 4) is 0 Å². The number of hydrogen-bond acceptors (Lipinski definition) is 2. The average molecular weight is 411 g/mol. The Kier molecular flexibility index (Phi) is 6.52. The third kappa shape index (κ3) is 6.32. The molecule has 0 spiro atoms. The van der Waals surface area contributed by atoms with Gasteiger partial charge in [0.2, 0.25) is 0 Å². The van der Waals surface area contributed by atoms with Crippen LogP contribution in [0.3, 0.4) is 0 Å². The quantitative estimate of drug-likeness (QED) is 0.552. The Labute approximate surface area is 99.6 Å². The highest BCUT2D eigenvalue weighted by atomic mass is 79.9. The Hall–Kier alpha value is 1.84. The van der Waals surface area contributed by atoms with Crippen LogP contribution in [0.2, 0.25) is 0 Å². The van der Waals surface area contributed by atoms with Crippen molar-refractivity contribution in [2.45, 2.75) is 14.1 Å². The van der Waals surface area contributed by atoms with Crippen molar-refractivity contribution in [3.05, 3.63) is 0 Å². The molecule has 0 saturated carbocycles. The van der Waals surface area contributed by atoms with Crippen molar-refractivity contribution in [1.82, 2.24) is 0 Å². The molecule has 0 aliphatic carbocycles. The molecule has 0 fully saturated rings. The van der Waals surface area contributed by atoms with Crippen molar-refractivity contribution in [2.75, 3.05) is 0 Å². The molecule has 0 aromatic rings. The normalized spacial score (nSPS) is 17.9. The molecule has 0 bridgehead atoms. The van der Waals surface area contributed by atoms with E-state index in [0.29, 0.717) is 0 Å². The first kappa shape index (κ1) is 13.8. The summed E-state index contributed by atoms with van der Waals surface area (Å²) in [5, 5.41) is 0. The summed E-state index contributed by atoms with van der Waals surface area (Å²) in [5.41, 5.74) is -1.12. The predicted octanol–water partition coefficient (Wildman–Crippen LogP) is 2.54. The maximum atomic E-state index is 10.3. The van der Waals surface area contributed by atoms with Crippen molar-refractivity contribution in [1.29, 1.82) is 0 Å². The molecule has 9 heteroatoms. The van der Waals surface area contributed by atoms with E-state index < -0.39 is 18.2 Å². The van der Waals surface area contributed by atoms with Crippen molar-refractivity contribution >= 4 is 67.2 Å². The molecule has 0 aromatic carbocycles. The Morgan fingerprint density at radius 3 is 2.00 bits per heavy atom. The second-order valence-electron chi connectivity index (χ2n) is 1.73. The first-order valence-corrected chi connectivity index (χ1v) is 7.25. The SMILES string of the molecule is O=P(O)(O)OC(Cl)C(Br)C(Br)Br. The molecule has 2 atom stereocenters. The highest BCUT2D eigenvalue weighted by molar-refractivity contribution is 9.25. The highest BCUT2D eigenvalue weighted by Gasteiger charge is 2.29. The van der Waals surface area contributed by atoms with Crippen LogP contribution in [0.5, 0.6) is 0 Å². The molecular weight excluding hydrogens is 406 g/mol. The van der Waals surface area contributed by atoms with Gasteiger partial charge in [0.25, 0.3) is 0 Å². The van der Waals surface area contributed by atoms with Gasteiger partial charge in [-0.1, -0.05) is 59.4 Å². The lowest BCUT2D eigenvalue weighted by atomic mass is 10.5. The van der Waals surface area contributed by atoms with Crippen molar-refractivity contribution < 1.29 is 18.9 Å². The third-order valence-corrected chi connectivity index (χ3v) is 5.59. The molecule has 0 aliphatic heterocycles. The fourth-order valence-corrected chi connectivity index (χ4v) is 2.33. The van der Waals surface area contributed by atoms with Gasteiger partial charge in [0.15, 0.2) is 5.56 Å². The van der Waals surface area contributed by atoms with E-state index in [-0.39, 0.29) is 3.74 Å². The lowest BCUT2D eigenvalue weighted by Crippen LogP contribution is -2.22. The number of phosphoric acid groups is 1. The maximum absolute atomic E-state index is 10.3. The Morgan fingerprint density at radius 1 is 1.33 bits per heavy atom. The molecular formula is C3H5Br3ClO4P. The maximum Gasteiger partial charge on any atom is 0.471 e. The minimum atomic E-state index is -4.52. The highest BCUT2D eigenvalue weighted by Crippen LogP contribution is 2.41. The van der Waals surface area contributed by atoms with Gasteiger partial charge >= 0.3 is 7.82 Å². The molecule has 2 N–H and O–H groups in total. The van der Waals surface area contributed by atoms with E-state index in [2.05, 4.69) is 52.3 Å². The van der Waals surface area contributed by atoms with E-state index in [4.69, 9.17) is 21.4 Å². The van der Waals surface area contributed by atoms with Crippen LogP contribution in [-0.4, -0.2) is 23.9 Å². The van der Waals surface area contributed by atoms with Gasteiger partial charge in [-0.25, -0.2) is 4.57 Å². The van der Waals surface area contributed by atoms with Crippen LogP contribution in [0.4, 0.5) is 0 Å². The van der Waals surface area contributed by atoms with Crippen LogP contribution in [0, 0.1) is 0 Å². The summed E-state index contributed by atoms with van der Waals surface area (Å²) in [4.78, 5) is 16.3. The molecule has 0 amide bonds. The zero-order chi connectivity index (χ0) is 9.94. The topological polar surface area (TPSA) is 66.8 Å². The molecule has 0 aromatic heterocycles. The number of rotatable bonds is 4. The van der Waals surface area contributed by atoms with Crippen LogP contribution >= 0.6 is 67.2 Å². The fourth-order valence-electron chi connectivity index (χ4n) is 0.304. The summed E-state index contributed by atoms with van der Waals surface area (Å²) >= 11 is 14.8. The van der Waals surface area contributed by atoms with Crippen LogP contribution < -0.4 is 0 Å². The molecule has 74 valence electrons. The van der Waals surface area contributed by atoms with E-state index in [0.717, 1.165) is 0 Å². The Bertz CT molecular complexity index is 184. The molecule has 2 unspecified atom stereocenters. The lowest BCUT2D eigenvalue weighted by Gasteiger charge is -2.17. The first-order valence-electron chi connectivity index (χ1n) is 2.54. The van der Waals surface area contributed by atoms with Crippen LogP contribution in [0.15, 0.2) is 0 Å². The largest absolute Gasteiger partial charge is 0.471 e. The molecule has 0 saturated heterocycles. The van der Waals surface area contributed by atoms with E-state index in [1.807, 2.05) is 0 Å². The van der Waals surface area contributed by atoms with Crippen molar-refractivity contribution in [2.24, 2.45) is 0 Å². The summed E-state index contributed by atoms with van der Waals surface area (Å²) in [6.07, 6.45) is 0. The van der Waals surface area contributed by atoms with E-state index in [1.165, 1.54) is 0 Å². The predicted molar refractivity (Wildman–Crippen MR) is 57.1 cm³/mol. The monoisotopic (exact) mass is 408 g/mol. The lowest BCUT2D eigenvalue weighted by molar-refractivity contribution is 0.180. The van der Waals surface area contributed by atoms with Gasteiger partial charge in [-0.2, -0.15) is 0 Å². The van der Waals surface area contributed by atoms with E-state index in [1.54, 1.807) is 0 Å². The average Bonchev–Trinajstić information content (AvgIpc) is 1.82. The van der Waals surface area contributed by atoms with Gasteiger partial charge < -0.3 is 9.79 Å². The molecule has 0 rings (SSSR count). The molecule has 12 heavy (non-hydrogen) atoms. The van der Waals surface area contributed by atoms with Crippen molar-refractivity contribution in [3.63, 3.8) is 0 Å². The molecule has 0 heterocycles. The summed E-state index contributed by atoms with van der Waals surface area (Å²) in [6, 6.07) is 0. The zero-order valence-corrected chi connectivity index (χ0v) is 11.8. The summed E-state index contributed by atoms with van der Waals surface area (Å²) < 4.78 is 14.3. The zero-order valence-electron chi connectivity index (χ0n) is 5.40. The number of halogens is 4. The summed E-state index contributed by atoms with van der Waals surface area (Å²) in [7, 11) is -4.52. The molecule has 0 aliphatic rings. The van der Waals surface area contributed by atoms with Gasteiger partial charge in [-0.15, -0.1) is 0 Å². The van der Waals surface area contributed by atoms with E-state index >= 15 is 0 Å². The minimum absolute atomic E-state index is 0.237. The molecule has 0 radical (unpaired) electrons. The number of alkyl halides is 4. The second kappa shape index (κ2) is 5.66. The Morgan fingerprint density at radius 2 is 1.75 bits per heavy atom.